The summed E-state index contributed by atoms with van der Waals surface area (Å²) >= 11 is 1.35. The molecule has 1 radical (unpaired) electrons. The van der Waals surface area contributed by atoms with Crippen LogP contribution in [-0.4, -0.2) is 14.2 Å². The van der Waals surface area contributed by atoms with E-state index in [1.165, 1.54) is 11.3 Å². The lowest BCUT2D eigenvalue weighted by Crippen LogP contribution is -2.14. The molecule has 1 aromatic rings. The second-order valence-corrected chi connectivity index (χ2v) is 6.07. The van der Waals surface area contributed by atoms with Crippen LogP contribution in [0.4, 0.5) is 5.00 Å². The third-order valence-electron chi connectivity index (χ3n) is 1.99. The van der Waals surface area contributed by atoms with Crippen molar-refractivity contribution in [2.45, 2.75) is 32.6 Å². The summed E-state index contributed by atoms with van der Waals surface area (Å²) in [6, 6.07) is 3.52. The summed E-state index contributed by atoms with van der Waals surface area (Å²) in [7, 11) is -3.25. The van der Waals surface area contributed by atoms with Gasteiger partial charge >= 0.3 is 0 Å². The van der Waals surface area contributed by atoms with Crippen LogP contribution in [0.15, 0.2) is 17.5 Å². The van der Waals surface area contributed by atoms with Gasteiger partial charge in [0.15, 0.2) is 0 Å². The summed E-state index contributed by atoms with van der Waals surface area (Å²) in [4.78, 5) is 0. The average Bonchev–Trinajstić information content (AvgIpc) is 2.64. The van der Waals surface area contributed by atoms with Crippen molar-refractivity contribution >= 4 is 26.4 Å². The van der Waals surface area contributed by atoms with Gasteiger partial charge in [-0.3, -0.25) is 0 Å². The van der Waals surface area contributed by atoms with Gasteiger partial charge in [-0.15, -0.1) is 11.3 Å². The highest BCUT2D eigenvalue weighted by atomic mass is 32.2. The first-order chi connectivity index (χ1) is 7.14. The molecule has 0 aliphatic carbocycles. The zero-order valence-corrected chi connectivity index (χ0v) is 10.5. The summed E-state index contributed by atoms with van der Waals surface area (Å²) in [6.45, 7) is 2.10. The van der Waals surface area contributed by atoms with Crippen molar-refractivity contribution < 1.29 is 8.42 Å². The number of thiophene rings is 1. The first-order valence-corrected chi connectivity index (χ1v) is 7.62. The maximum absolute atomic E-state index is 11.5. The molecular formula is C10H16NO2S2. The zero-order valence-electron chi connectivity index (χ0n) is 8.85. The average molecular weight is 246 g/mol. The Kier molecular flexibility index (Phi) is 5.11. The van der Waals surface area contributed by atoms with Crippen molar-refractivity contribution in [1.29, 1.82) is 0 Å². The van der Waals surface area contributed by atoms with Crippen molar-refractivity contribution in [1.82, 2.24) is 4.72 Å². The van der Waals surface area contributed by atoms with Crippen molar-refractivity contribution in [2.24, 2.45) is 0 Å². The van der Waals surface area contributed by atoms with Gasteiger partial charge in [0, 0.05) is 0 Å². The molecule has 15 heavy (non-hydrogen) atoms. The van der Waals surface area contributed by atoms with E-state index in [0.717, 1.165) is 19.3 Å². The molecule has 5 heteroatoms. The van der Waals surface area contributed by atoms with Gasteiger partial charge in [-0.25, -0.2) is 8.42 Å². The lowest BCUT2D eigenvalue weighted by atomic mass is 10.2. The fourth-order valence-corrected chi connectivity index (χ4v) is 3.18. The molecule has 0 N–H and O–H groups in total. The molecule has 0 spiro atoms. The predicted molar refractivity (Wildman–Crippen MR) is 64.0 cm³/mol. The molecule has 0 aliphatic rings. The number of hydrogen-bond acceptors (Lipinski definition) is 3. The number of sulfonamides is 1. The molecule has 0 bridgehead atoms. The van der Waals surface area contributed by atoms with Gasteiger partial charge in [0.05, 0.1) is 5.75 Å². The Bertz CT molecular complexity index is 357. The van der Waals surface area contributed by atoms with Gasteiger partial charge < -0.3 is 0 Å². The van der Waals surface area contributed by atoms with Crippen LogP contribution in [0.1, 0.15) is 32.6 Å². The maximum atomic E-state index is 11.5. The molecule has 1 aromatic heterocycles. The van der Waals surface area contributed by atoms with Gasteiger partial charge in [-0.1, -0.05) is 26.2 Å². The highest BCUT2D eigenvalue weighted by molar-refractivity contribution is 7.89. The Hall–Kier alpha value is -0.550. The predicted octanol–water partition coefficient (Wildman–Crippen LogP) is 2.89. The molecule has 0 fully saturated rings. The van der Waals surface area contributed by atoms with Crippen molar-refractivity contribution in [3.8, 4) is 0 Å². The topological polar surface area (TPSA) is 48.2 Å². The number of nitrogens with zero attached hydrogens (tertiary/aromatic N) is 1. The van der Waals surface area contributed by atoms with Crippen LogP contribution in [0.2, 0.25) is 0 Å². The summed E-state index contributed by atoms with van der Waals surface area (Å²) in [5.74, 6) is 0.172. The smallest absolute Gasteiger partial charge is 0.205 e. The molecule has 1 heterocycles. The van der Waals surface area contributed by atoms with E-state index in [-0.39, 0.29) is 5.75 Å². The lowest BCUT2D eigenvalue weighted by molar-refractivity contribution is 0.584. The number of rotatable bonds is 7. The SMILES string of the molecule is CCCCCCS(=O)(=O)[N]c1cccs1. The van der Waals surface area contributed by atoms with Crippen LogP contribution in [0.5, 0.6) is 0 Å². The van der Waals surface area contributed by atoms with Crippen molar-refractivity contribution in [3.63, 3.8) is 0 Å². The van der Waals surface area contributed by atoms with E-state index in [2.05, 4.69) is 11.6 Å². The molecule has 0 saturated heterocycles. The van der Waals surface area contributed by atoms with E-state index in [1.54, 1.807) is 12.1 Å². The Labute approximate surface area is 95.6 Å². The third kappa shape index (κ3) is 5.18. The molecule has 3 nitrogen and oxygen atoms in total. The van der Waals surface area contributed by atoms with Crippen LogP contribution in [0, 0.1) is 0 Å². The molecule has 0 aliphatic heterocycles. The molecule has 0 aromatic carbocycles. The Morgan fingerprint density at radius 1 is 1.33 bits per heavy atom. The van der Waals surface area contributed by atoms with E-state index >= 15 is 0 Å². The van der Waals surface area contributed by atoms with E-state index in [1.807, 2.05) is 5.38 Å². The number of unbranched alkanes of at least 4 members (excludes halogenated alkanes) is 3. The van der Waals surface area contributed by atoms with Crippen LogP contribution in [0.25, 0.3) is 0 Å². The Balaban J connectivity index is 2.33. The van der Waals surface area contributed by atoms with Crippen molar-refractivity contribution in [2.75, 3.05) is 5.75 Å². The van der Waals surface area contributed by atoms with Gasteiger partial charge in [-0.05, 0) is 23.9 Å². The van der Waals surface area contributed by atoms with Gasteiger partial charge in [-0.2, -0.15) is 4.72 Å². The summed E-state index contributed by atoms with van der Waals surface area (Å²) in [5.41, 5.74) is 0. The van der Waals surface area contributed by atoms with Gasteiger partial charge in [0.2, 0.25) is 0 Å². The third-order valence-corrected chi connectivity index (χ3v) is 4.15. The summed E-state index contributed by atoms with van der Waals surface area (Å²) in [5, 5.41) is 2.40. The van der Waals surface area contributed by atoms with E-state index in [0.29, 0.717) is 11.4 Å². The monoisotopic (exact) mass is 246 g/mol. The second-order valence-electron chi connectivity index (χ2n) is 3.39. The lowest BCUT2D eigenvalue weighted by Gasteiger charge is -2.01. The first kappa shape index (κ1) is 12.5. The molecule has 0 atom stereocenters. The minimum absolute atomic E-state index is 0.172. The first-order valence-electron chi connectivity index (χ1n) is 5.13. The minimum Gasteiger partial charge on any atom is -0.205 e. The highest BCUT2D eigenvalue weighted by Crippen LogP contribution is 2.17. The maximum Gasteiger partial charge on any atom is 0.254 e. The van der Waals surface area contributed by atoms with E-state index in [9.17, 15) is 8.42 Å². The summed E-state index contributed by atoms with van der Waals surface area (Å²) in [6.07, 6.45) is 3.89. The van der Waals surface area contributed by atoms with Gasteiger partial charge in [0.1, 0.15) is 5.00 Å². The van der Waals surface area contributed by atoms with Crippen molar-refractivity contribution in [3.05, 3.63) is 17.5 Å². The Morgan fingerprint density at radius 3 is 2.73 bits per heavy atom. The second kappa shape index (κ2) is 6.12. The molecule has 0 saturated carbocycles. The van der Waals surface area contributed by atoms with Crippen LogP contribution in [0.3, 0.4) is 0 Å². The normalized spacial score (nSPS) is 11.5. The molecule has 1 rings (SSSR count). The zero-order chi connectivity index (χ0) is 11.1. The fraction of sp³-hybridized carbons (Fsp3) is 0.600. The van der Waals surface area contributed by atoms with Gasteiger partial charge in [0.25, 0.3) is 10.0 Å². The molecule has 85 valence electrons. The van der Waals surface area contributed by atoms with Crippen LogP contribution in [-0.2, 0) is 10.0 Å². The summed E-state index contributed by atoms with van der Waals surface area (Å²) < 4.78 is 26.7. The van der Waals surface area contributed by atoms with E-state index in [4.69, 9.17) is 0 Å². The standard InChI is InChI=1S/C10H16NO2S2/c1-2-3-4-5-9-15(12,13)11-10-7-6-8-14-10/h6-8H,2-5,9H2,1H3. The molecule has 0 amide bonds. The van der Waals surface area contributed by atoms with E-state index < -0.39 is 10.0 Å². The highest BCUT2D eigenvalue weighted by Gasteiger charge is 2.12. The molecular weight excluding hydrogens is 230 g/mol. The van der Waals surface area contributed by atoms with Crippen LogP contribution < -0.4 is 4.72 Å². The number of hydrogen-bond donors (Lipinski definition) is 0. The minimum atomic E-state index is -3.25. The Morgan fingerprint density at radius 2 is 2.13 bits per heavy atom. The largest absolute Gasteiger partial charge is 0.254 e. The molecule has 0 unspecified atom stereocenters. The quantitative estimate of drug-likeness (QED) is 0.694. The fourth-order valence-electron chi connectivity index (χ4n) is 1.22. The van der Waals surface area contributed by atoms with Crippen LogP contribution >= 0.6 is 11.3 Å².